The van der Waals surface area contributed by atoms with Gasteiger partial charge in [0.15, 0.2) is 5.65 Å². The summed E-state index contributed by atoms with van der Waals surface area (Å²) in [6.07, 6.45) is 1.79. The first-order valence-electron chi connectivity index (χ1n) is 8.02. The molecular weight excluding hydrogens is 369 g/mol. The molecule has 130 valence electrons. The van der Waals surface area contributed by atoms with Crippen molar-refractivity contribution in [2.45, 2.75) is 6.92 Å². The number of ether oxygens (including phenoxy) is 1. The second kappa shape index (κ2) is 6.63. The van der Waals surface area contributed by atoms with Gasteiger partial charge in [-0.05, 0) is 54.4 Å². The van der Waals surface area contributed by atoms with Crippen LogP contribution in [0.5, 0.6) is 5.75 Å². The quantitative estimate of drug-likeness (QED) is 0.454. The lowest BCUT2D eigenvalue weighted by atomic mass is 10.0. The highest BCUT2D eigenvalue weighted by Crippen LogP contribution is 2.33. The Morgan fingerprint density at radius 3 is 2.42 bits per heavy atom. The highest BCUT2D eigenvalue weighted by atomic mass is 35.5. The van der Waals surface area contributed by atoms with Crippen LogP contribution >= 0.6 is 23.2 Å². The Hall–Kier alpha value is -2.56. The van der Waals surface area contributed by atoms with Gasteiger partial charge in [0.05, 0.1) is 33.9 Å². The van der Waals surface area contributed by atoms with Crippen LogP contribution in [0.25, 0.3) is 27.8 Å². The molecule has 2 aromatic heterocycles. The van der Waals surface area contributed by atoms with E-state index in [0.29, 0.717) is 10.0 Å². The molecule has 0 fully saturated rings. The Bertz CT molecular complexity index is 1100. The van der Waals surface area contributed by atoms with Crippen molar-refractivity contribution in [3.8, 4) is 22.6 Å². The van der Waals surface area contributed by atoms with Gasteiger partial charge in [-0.3, -0.25) is 0 Å². The first-order chi connectivity index (χ1) is 12.6. The predicted octanol–water partition coefficient (Wildman–Crippen LogP) is 5.71. The largest absolute Gasteiger partial charge is 0.497 e. The summed E-state index contributed by atoms with van der Waals surface area (Å²) in [6.45, 7) is 1.98. The molecule has 0 aliphatic heterocycles. The molecule has 2 aromatic carbocycles. The number of hydrogen-bond donors (Lipinski definition) is 0. The van der Waals surface area contributed by atoms with Crippen molar-refractivity contribution >= 4 is 34.2 Å². The van der Waals surface area contributed by atoms with Gasteiger partial charge in [-0.15, -0.1) is 0 Å². The highest BCUT2D eigenvalue weighted by Gasteiger charge is 2.15. The van der Waals surface area contributed by atoms with Crippen LogP contribution in [0.1, 0.15) is 5.69 Å². The summed E-state index contributed by atoms with van der Waals surface area (Å²) in [7, 11) is 1.66. The highest BCUT2D eigenvalue weighted by molar-refractivity contribution is 6.42. The van der Waals surface area contributed by atoms with Crippen LogP contribution in [0.2, 0.25) is 10.0 Å². The number of benzene rings is 2. The third kappa shape index (κ3) is 2.81. The summed E-state index contributed by atoms with van der Waals surface area (Å²) in [5.41, 5.74) is 4.63. The Morgan fingerprint density at radius 1 is 0.962 bits per heavy atom. The minimum absolute atomic E-state index is 0.483. The maximum Gasteiger partial charge on any atom is 0.163 e. The molecule has 0 saturated carbocycles. The standard InChI is InChI=1S/C20H15Cl2N3O/c1-12-19-16(13-3-6-15(26-2)7-4-13)9-10-23-20(19)25(24-12)14-5-8-17(21)18(22)11-14/h3-11H,1-2H3. The number of pyridine rings is 1. The fraction of sp³-hybridized carbons (Fsp3) is 0.100. The minimum Gasteiger partial charge on any atom is -0.497 e. The summed E-state index contributed by atoms with van der Waals surface area (Å²) in [5, 5.41) is 6.67. The zero-order valence-corrected chi connectivity index (χ0v) is 15.7. The lowest BCUT2D eigenvalue weighted by Crippen LogP contribution is -1.98. The smallest absolute Gasteiger partial charge is 0.163 e. The minimum atomic E-state index is 0.483. The van der Waals surface area contributed by atoms with Gasteiger partial charge >= 0.3 is 0 Å². The molecule has 0 radical (unpaired) electrons. The normalized spacial score (nSPS) is 11.1. The van der Waals surface area contributed by atoms with Crippen molar-refractivity contribution in [3.05, 3.63) is 70.5 Å². The molecule has 26 heavy (non-hydrogen) atoms. The van der Waals surface area contributed by atoms with E-state index in [-0.39, 0.29) is 0 Å². The average molecular weight is 384 g/mol. The van der Waals surface area contributed by atoms with E-state index in [1.807, 2.05) is 43.3 Å². The van der Waals surface area contributed by atoms with E-state index in [0.717, 1.165) is 39.3 Å². The molecule has 0 N–H and O–H groups in total. The van der Waals surface area contributed by atoms with Crippen molar-refractivity contribution in [1.82, 2.24) is 14.8 Å². The molecular formula is C20H15Cl2N3O. The maximum atomic E-state index is 6.17. The third-order valence-corrected chi connectivity index (χ3v) is 5.03. The third-order valence-electron chi connectivity index (χ3n) is 4.29. The lowest BCUT2D eigenvalue weighted by Gasteiger charge is -2.07. The van der Waals surface area contributed by atoms with Gasteiger partial charge in [0.2, 0.25) is 0 Å². The van der Waals surface area contributed by atoms with E-state index in [1.54, 1.807) is 30.1 Å². The van der Waals surface area contributed by atoms with Crippen LogP contribution in [-0.4, -0.2) is 21.9 Å². The molecule has 2 heterocycles. The summed E-state index contributed by atoms with van der Waals surface area (Å²) < 4.78 is 7.04. The van der Waals surface area contributed by atoms with Crippen molar-refractivity contribution in [3.63, 3.8) is 0 Å². The molecule has 4 nitrogen and oxygen atoms in total. The van der Waals surface area contributed by atoms with E-state index in [1.165, 1.54) is 0 Å². The second-order valence-electron chi connectivity index (χ2n) is 5.88. The van der Waals surface area contributed by atoms with Crippen LogP contribution in [0.3, 0.4) is 0 Å². The molecule has 0 aliphatic rings. The number of methoxy groups -OCH3 is 1. The van der Waals surface area contributed by atoms with Gasteiger partial charge in [0.25, 0.3) is 0 Å². The molecule has 0 unspecified atom stereocenters. The maximum absolute atomic E-state index is 6.17. The van der Waals surface area contributed by atoms with E-state index in [9.17, 15) is 0 Å². The fourth-order valence-corrected chi connectivity index (χ4v) is 3.32. The van der Waals surface area contributed by atoms with E-state index in [4.69, 9.17) is 27.9 Å². The molecule has 4 rings (SSSR count). The van der Waals surface area contributed by atoms with Crippen molar-refractivity contribution < 1.29 is 4.74 Å². The van der Waals surface area contributed by atoms with E-state index in [2.05, 4.69) is 10.1 Å². The Kier molecular flexibility index (Phi) is 4.31. The van der Waals surface area contributed by atoms with E-state index >= 15 is 0 Å². The molecule has 4 aromatic rings. The van der Waals surface area contributed by atoms with Crippen LogP contribution in [0.4, 0.5) is 0 Å². The number of halogens is 2. The zero-order chi connectivity index (χ0) is 18.3. The van der Waals surface area contributed by atoms with Crippen molar-refractivity contribution in [2.75, 3.05) is 7.11 Å². The topological polar surface area (TPSA) is 39.9 Å². The molecule has 6 heteroatoms. The number of fused-ring (bicyclic) bond motifs is 1. The molecule has 0 spiro atoms. The summed E-state index contributed by atoms with van der Waals surface area (Å²) >= 11 is 12.2. The molecule has 0 aliphatic carbocycles. The van der Waals surface area contributed by atoms with Crippen LogP contribution in [-0.2, 0) is 0 Å². The Labute approximate surface area is 161 Å². The summed E-state index contributed by atoms with van der Waals surface area (Å²) in [6, 6.07) is 15.4. The van der Waals surface area contributed by atoms with Crippen LogP contribution in [0, 0.1) is 6.92 Å². The summed E-state index contributed by atoms with van der Waals surface area (Å²) in [4.78, 5) is 4.55. The molecule has 0 amide bonds. The van der Waals surface area contributed by atoms with Gasteiger partial charge in [0, 0.05) is 6.20 Å². The number of hydrogen-bond acceptors (Lipinski definition) is 3. The monoisotopic (exact) mass is 383 g/mol. The molecule has 0 atom stereocenters. The van der Waals surface area contributed by atoms with Crippen LogP contribution < -0.4 is 4.74 Å². The van der Waals surface area contributed by atoms with Crippen LogP contribution in [0.15, 0.2) is 54.7 Å². The van der Waals surface area contributed by atoms with Crippen molar-refractivity contribution in [2.24, 2.45) is 0 Å². The van der Waals surface area contributed by atoms with Gasteiger partial charge in [-0.2, -0.15) is 5.10 Å². The van der Waals surface area contributed by atoms with Gasteiger partial charge < -0.3 is 4.74 Å². The van der Waals surface area contributed by atoms with Gasteiger partial charge in [-0.25, -0.2) is 9.67 Å². The first-order valence-corrected chi connectivity index (χ1v) is 8.78. The Balaban J connectivity index is 1.92. The van der Waals surface area contributed by atoms with Crippen molar-refractivity contribution in [1.29, 1.82) is 0 Å². The number of aryl methyl sites for hydroxylation is 1. The molecule has 0 bridgehead atoms. The average Bonchev–Trinajstić information content (AvgIpc) is 3.01. The van der Waals surface area contributed by atoms with E-state index < -0.39 is 0 Å². The zero-order valence-electron chi connectivity index (χ0n) is 14.2. The predicted molar refractivity (Wildman–Crippen MR) is 106 cm³/mol. The van der Waals surface area contributed by atoms with Gasteiger partial charge in [0.1, 0.15) is 5.75 Å². The number of aromatic nitrogens is 3. The Morgan fingerprint density at radius 2 is 1.73 bits per heavy atom. The number of rotatable bonds is 3. The SMILES string of the molecule is COc1ccc(-c2ccnc3c2c(C)nn3-c2ccc(Cl)c(Cl)c2)cc1. The van der Waals surface area contributed by atoms with Gasteiger partial charge in [-0.1, -0.05) is 35.3 Å². The lowest BCUT2D eigenvalue weighted by molar-refractivity contribution is 0.415. The summed E-state index contributed by atoms with van der Waals surface area (Å²) in [5.74, 6) is 0.822. The first kappa shape index (κ1) is 16.9. The number of nitrogens with zero attached hydrogens (tertiary/aromatic N) is 3. The second-order valence-corrected chi connectivity index (χ2v) is 6.70. The fourth-order valence-electron chi connectivity index (χ4n) is 3.02. The molecule has 0 saturated heterocycles.